The fraction of sp³-hybridized carbons (Fsp3) is 0.588. The normalized spacial score (nSPS) is 12.6. The van der Waals surface area contributed by atoms with Crippen LogP contribution in [0, 0.1) is 5.41 Å². The number of hydrogen-bond acceptors (Lipinski definition) is 2. The number of alkyl halides is 3. The first-order valence-electron chi connectivity index (χ1n) is 6.41. The van der Waals surface area contributed by atoms with Gasteiger partial charge in [0.15, 0.2) is 6.61 Å². The molecule has 0 fully saturated rings. The van der Waals surface area contributed by atoms with Crippen LogP contribution in [-0.4, -0.2) is 18.8 Å². The summed E-state index contributed by atoms with van der Waals surface area (Å²) in [5.41, 5.74) is 0.0877. The molecule has 1 unspecified atom stereocenters. The lowest BCUT2D eigenvalue weighted by atomic mass is 9.81. The zero-order valence-corrected chi connectivity index (χ0v) is 11.8. The number of carbonyl (C=O) groups is 1. The highest BCUT2D eigenvalue weighted by atomic mass is 19.4. The van der Waals surface area contributed by atoms with Gasteiger partial charge in [-0.3, -0.25) is 4.79 Å². The number of rotatable bonds is 5. The van der Waals surface area contributed by atoms with Crippen LogP contribution in [-0.2, 0) is 9.53 Å². The van der Waals surface area contributed by atoms with Gasteiger partial charge in [0.25, 0.3) is 0 Å². The smallest absolute Gasteiger partial charge is 0.422 e. The highest BCUT2D eigenvalue weighted by molar-refractivity contribution is 5.76. The van der Waals surface area contributed by atoms with Gasteiger partial charge in [0, 0.05) is 0 Å². The Bertz CT molecular complexity index is 439. The molecule has 0 spiro atoms. The molecule has 0 aliphatic rings. The molecule has 0 aliphatic carbocycles. The van der Waals surface area contributed by atoms with Crippen LogP contribution in [0.2, 0.25) is 0 Å². The number of benzene rings is 1. The first kappa shape index (κ1) is 22.8. The Labute approximate surface area is 131 Å². The van der Waals surface area contributed by atoms with Crippen molar-refractivity contribution in [3.8, 4) is 0 Å². The molecular formula is C17H27F3O2. The standard InChI is InChI=1S/C15H19F3O2.2CH4/c1-11(12-7-5-4-6-8-12)9-14(2,3)13(19)20-10-15(16,17)18;;/h4-8,11H,9-10H2,1-3H3;2*1H4. The second-order valence-corrected chi connectivity index (χ2v) is 5.59. The Morgan fingerprint density at radius 1 is 1.14 bits per heavy atom. The summed E-state index contributed by atoms with van der Waals surface area (Å²) in [5.74, 6) is -0.762. The third kappa shape index (κ3) is 7.48. The Kier molecular flexibility index (Phi) is 9.11. The monoisotopic (exact) mass is 320 g/mol. The molecule has 0 aliphatic heterocycles. The van der Waals surface area contributed by atoms with Gasteiger partial charge in [-0.15, -0.1) is 0 Å². The molecule has 22 heavy (non-hydrogen) atoms. The van der Waals surface area contributed by atoms with E-state index in [0.29, 0.717) is 6.42 Å². The summed E-state index contributed by atoms with van der Waals surface area (Å²) in [4.78, 5) is 11.8. The number of esters is 1. The van der Waals surface area contributed by atoms with Gasteiger partial charge < -0.3 is 4.74 Å². The van der Waals surface area contributed by atoms with Gasteiger partial charge in [0.05, 0.1) is 5.41 Å². The van der Waals surface area contributed by atoms with E-state index in [2.05, 4.69) is 4.74 Å². The molecule has 0 aromatic heterocycles. The minimum atomic E-state index is -4.49. The predicted molar refractivity (Wildman–Crippen MR) is 83.7 cm³/mol. The van der Waals surface area contributed by atoms with E-state index in [1.807, 2.05) is 37.3 Å². The molecule has 1 aromatic carbocycles. The predicted octanol–water partition coefficient (Wildman–Crippen LogP) is 5.58. The van der Waals surface area contributed by atoms with E-state index < -0.39 is 24.2 Å². The first-order valence-corrected chi connectivity index (χ1v) is 6.41. The van der Waals surface area contributed by atoms with Crippen LogP contribution in [0.1, 0.15) is 53.5 Å². The number of halogens is 3. The van der Waals surface area contributed by atoms with Gasteiger partial charge >= 0.3 is 12.1 Å². The van der Waals surface area contributed by atoms with E-state index in [9.17, 15) is 18.0 Å². The van der Waals surface area contributed by atoms with Crippen molar-refractivity contribution < 1.29 is 22.7 Å². The van der Waals surface area contributed by atoms with Crippen molar-refractivity contribution in [3.63, 3.8) is 0 Å². The molecule has 0 amide bonds. The lowest BCUT2D eigenvalue weighted by Crippen LogP contribution is -2.31. The van der Waals surface area contributed by atoms with Gasteiger partial charge in [-0.2, -0.15) is 13.2 Å². The maximum absolute atomic E-state index is 12.1. The van der Waals surface area contributed by atoms with Crippen LogP contribution >= 0.6 is 0 Å². The maximum atomic E-state index is 12.1. The molecule has 1 rings (SSSR count). The van der Waals surface area contributed by atoms with E-state index in [4.69, 9.17) is 0 Å². The molecule has 2 nitrogen and oxygen atoms in total. The van der Waals surface area contributed by atoms with E-state index in [1.54, 1.807) is 13.8 Å². The first-order chi connectivity index (χ1) is 9.12. The molecule has 1 aromatic rings. The molecule has 0 saturated carbocycles. The Morgan fingerprint density at radius 2 is 1.64 bits per heavy atom. The van der Waals surface area contributed by atoms with Crippen molar-refractivity contribution in [3.05, 3.63) is 35.9 Å². The summed E-state index contributed by atoms with van der Waals surface area (Å²) in [5, 5.41) is 0. The van der Waals surface area contributed by atoms with Gasteiger partial charge in [0.2, 0.25) is 0 Å². The Hall–Kier alpha value is -1.52. The van der Waals surface area contributed by atoms with Crippen LogP contribution in [0.3, 0.4) is 0 Å². The van der Waals surface area contributed by atoms with Gasteiger partial charge in [-0.25, -0.2) is 0 Å². The number of carbonyl (C=O) groups excluding carboxylic acids is 1. The second kappa shape index (κ2) is 8.81. The topological polar surface area (TPSA) is 26.3 Å². The van der Waals surface area contributed by atoms with Crippen molar-refractivity contribution in [2.45, 2.75) is 54.1 Å². The minimum Gasteiger partial charge on any atom is -0.456 e. The summed E-state index contributed by atoms with van der Waals surface area (Å²) < 4.78 is 40.5. The largest absolute Gasteiger partial charge is 0.456 e. The molecule has 0 heterocycles. The lowest BCUT2D eigenvalue weighted by molar-refractivity contribution is -0.192. The summed E-state index contributed by atoms with van der Waals surface area (Å²) in [7, 11) is 0. The Balaban J connectivity index is 0. The summed E-state index contributed by atoms with van der Waals surface area (Å²) in [6.07, 6.45) is -4.06. The molecule has 0 saturated heterocycles. The van der Waals surface area contributed by atoms with Crippen LogP contribution < -0.4 is 0 Å². The lowest BCUT2D eigenvalue weighted by Gasteiger charge is -2.26. The summed E-state index contributed by atoms with van der Waals surface area (Å²) in [6.45, 7) is 3.61. The SMILES string of the molecule is C.C.CC(CC(C)(C)C(=O)OCC(F)(F)F)c1ccccc1. The zero-order valence-electron chi connectivity index (χ0n) is 11.8. The number of hydrogen-bond donors (Lipinski definition) is 0. The molecule has 1 atom stereocenters. The third-order valence-electron chi connectivity index (χ3n) is 3.10. The van der Waals surface area contributed by atoms with Crippen molar-refractivity contribution in [1.82, 2.24) is 0 Å². The molecule has 0 radical (unpaired) electrons. The van der Waals surface area contributed by atoms with Crippen molar-refractivity contribution in [2.75, 3.05) is 6.61 Å². The van der Waals surface area contributed by atoms with Crippen molar-refractivity contribution >= 4 is 5.97 Å². The Morgan fingerprint density at radius 3 is 2.09 bits per heavy atom. The van der Waals surface area contributed by atoms with Gasteiger partial charge in [-0.1, -0.05) is 52.1 Å². The average molecular weight is 320 g/mol. The summed E-state index contributed by atoms with van der Waals surface area (Å²) >= 11 is 0. The fourth-order valence-corrected chi connectivity index (χ4v) is 2.09. The van der Waals surface area contributed by atoms with E-state index >= 15 is 0 Å². The van der Waals surface area contributed by atoms with Crippen LogP contribution in [0.5, 0.6) is 0 Å². The van der Waals surface area contributed by atoms with E-state index in [-0.39, 0.29) is 20.8 Å². The van der Waals surface area contributed by atoms with E-state index in [1.165, 1.54) is 0 Å². The third-order valence-corrected chi connectivity index (χ3v) is 3.10. The molecule has 0 bridgehead atoms. The zero-order chi connectivity index (χ0) is 15.4. The molecule has 0 N–H and O–H groups in total. The van der Waals surface area contributed by atoms with Crippen LogP contribution in [0.4, 0.5) is 13.2 Å². The fourth-order valence-electron chi connectivity index (χ4n) is 2.09. The minimum absolute atomic E-state index is 0. The summed E-state index contributed by atoms with van der Waals surface area (Å²) in [6, 6.07) is 9.53. The average Bonchev–Trinajstić information content (AvgIpc) is 2.35. The molecular weight excluding hydrogens is 293 g/mol. The quantitative estimate of drug-likeness (QED) is 0.662. The van der Waals surface area contributed by atoms with E-state index in [0.717, 1.165) is 5.56 Å². The highest BCUT2D eigenvalue weighted by Crippen LogP contribution is 2.33. The maximum Gasteiger partial charge on any atom is 0.422 e. The molecule has 128 valence electrons. The van der Waals surface area contributed by atoms with Gasteiger partial charge in [0.1, 0.15) is 0 Å². The van der Waals surface area contributed by atoms with Crippen molar-refractivity contribution in [1.29, 1.82) is 0 Å². The second-order valence-electron chi connectivity index (χ2n) is 5.59. The van der Waals surface area contributed by atoms with Crippen LogP contribution in [0.15, 0.2) is 30.3 Å². The number of ether oxygens (including phenoxy) is 1. The highest BCUT2D eigenvalue weighted by Gasteiger charge is 2.36. The molecule has 5 heteroatoms. The van der Waals surface area contributed by atoms with Crippen molar-refractivity contribution in [2.24, 2.45) is 5.41 Å². The van der Waals surface area contributed by atoms with Gasteiger partial charge in [-0.05, 0) is 31.7 Å². The van der Waals surface area contributed by atoms with Crippen LogP contribution in [0.25, 0.3) is 0 Å².